The SMILES string of the molecule is CN1C(=O)Cc2cc(S(=O)(=O)Nc3cccc4c3OCC(=O)N4)ccc21. The van der Waals surface area contributed by atoms with Gasteiger partial charge in [0.2, 0.25) is 5.91 Å². The Labute approximate surface area is 149 Å². The van der Waals surface area contributed by atoms with E-state index in [4.69, 9.17) is 4.74 Å². The fourth-order valence-electron chi connectivity index (χ4n) is 3.01. The van der Waals surface area contributed by atoms with E-state index in [2.05, 4.69) is 10.0 Å². The highest BCUT2D eigenvalue weighted by Gasteiger charge is 2.27. The number of hydrogen-bond donors (Lipinski definition) is 2. The van der Waals surface area contributed by atoms with Gasteiger partial charge in [-0.05, 0) is 35.9 Å². The number of benzene rings is 2. The molecule has 0 bridgehead atoms. The van der Waals surface area contributed by atoms with Crippen LogP contribution in [0, 0.1) is 0 Å². The van der Waals surface area contributed by atoms with Crippen LogP contribution in [0.25, 0.3) is 0 Å². The summed E-state index contributed by atoms with van der Waals surface area (Å²) < 4.78 is 33.4. The third kappa shape index (κ3) is 2.66. The van der Waals surface area contributed by atoms with Gasteiger partial charge in [0.05, 0.1) is 22.7 Å². The van der Waals surface area contributed by atoms with E-state index < -0.39 is 10.0 Å². The van der Waals surface area contributed by atoms with Crippen LogP contribution in [0.3, 0.4) is 0 Å². The monoisotopic (exact) mass is 373 g/mol. The van der Waals surface area contributed by atoms with Crippen molar-refractivity contribution in [2.75, 3.05) is 28.6 Å². The summed E-state index contributed by atoms with van der Waals surface area (Å²) >= 11 is 0. The zero-order valence-corrected chi connectivity index (χ0v) is 14.6. The standard InChI is InChI=1S/C17H15N3O5S/c1-20-14-6-5-11(7-10(14)8-16(20)22)26(23,24)19-13-4-2-3-12-17(13)25-9-15(21)18-12/h2-7,19H,8-9H2,1H3,(H,18,21). The number of rotatable bonds is 3. The second kappa shape index (κ2) is 5.73. The number of anilines is 3. The van der Waals surface area contributed by atoms with Crippen molar-refractivity contribution < 1.29 is 22.7 Å². The molecule has 134 valence electrons. The van der Waals surface area contributed by atoms with E-state index >= 15 is 0 Å². The topological polar surface area (TPSA) is 105 Å². The lowest BCUT2D eigenvalue weighted by atomic mass is 10.2. The summed E-state index contributed by atoms with van der Waals surface area (Å²) in [4.78, 5) is 24.7. The van der Waals surface area contributed by atoms with Gasteiger partial charge in [-0.2, -0.15) is 0 Å². The molecule has 0 atom stereocenters. The molecule has 8 nitrogen and oxygen atoms in total. The minimum atomic E-state index is -3.89. The summed E-state index contributed by atoms with van der Waals surface area (Å²) in [6.07, 6.45) is 0.172. The summed E-state index contributed by atoms with van der Waals surface area (Å²) in [5, 5.41) is 2.63. The van der Waals surface area contributed by atoms with Crippen LogP contribution in [0.5, 0.6) is 5.75 Å². The molecule has 0 saturated carbocycles. The predicted molar refractivity (Wildman–Crippen MR) is 94.9 cm³/mol. The maximum atomic E-state index is 12.8. The van der Waals surface area contributed by atoms with Crippen molar-refractivity contribution >= 4 is 38.9 Å². The van der Waals surface area contributed by atoms with Crippen molar-refractivity contribution in [3.63, 3.8) is 0 Å². The Morgan fingerprint density at radius 1 is 1.19 bits per heavy atom. The number of nitrogens with one attached hydrogen (secondary N) is 2. The first-order valence-electron chi connectivity index (χ1n) is 7.83. The van der Waals surface area contributed by atoms with Gasteiger partial charge in [0.1, 0.15) is 0 Å². The molecule has 2 N–H and O–H groups in total. The van der Waals surface area contributed by atoms with Gasteiger partial charge < -0.3 is 15.0 Å². The molecular weight excluding hydrogens is 358 g/mol. The van der Waals surface area contributed by atoms with Crippen molar-refractivity contribution in [1.29, 1.82) is 0 Å². The largest absolute Gasteiger partial charge is 0.479 e. The van der Waals surface area contributed by atoms with E-state index in [1.165, 1.54) is 17.0 Å². The minimum Gasteiger partial charge on any atom is -0.479 e. The third-order valence-electron chi connectivity index (χ3n) is 4.32. The lowest BCUT2D eigenvalue weighted by Gasteiger charge is -2.21. The van der Waals surface area contributed by atoms with Crippen LogP contribution in [0.4, 0.5) is 17.1 Å². The molecule has 26 heavy (non-hydrogen) atoms. The molecule has 0 aliphatic carbocycles. The van der Waals surface area contributed by atoms with Crippen LogP contribution >= 0.6 is 0 Å². The number of hydrogen-bond acceptors (Lipinski definition) is 5. The maximum Gasteiger partial charge on any atom is 0.262 e. The lowest BCUT2D eigenvalue weighted by Crippen LogP contribution is -2.26. The summed E-state index contributed by atoms with van der Waals surface area (Å²) in [5.41, 5.74) is 2.01. The smallest absolute Gasteiger partial charge is 0.262 e. The van der Waals surface area contributed by atoms with Crippen LogP contribution in [0.15, 0.2) is 41.3 Å². The molecular formula is C17H15N3O5S. The van der Waals surface area contributed by atoms with E-state index in [0.29, 0.717) is 16.9 Å². The molecule has 2 aliphatic rings. The Morgan fingerprint density at radius 3 is 2.81 bits per heavy atom. The van der Waals surface area contributed by atoms with E-state index in [1.54, 1.807) is 31.3 Å². The van der Waals surface area contributed by atoms with Gasteiger partial charge in [-0.1, -0.05) is 6.07 Å². The first kappa shape index (κ1) is 16.4. The number of ether oxygens (including phenoxy) is 1. The Bertz CT molecular complexity index is 1050. The molecule has 0 saturated heterocycles. The Kier molecular flexibility index (Phi) is 3.62. The summed E-state index contributed by atoms with van der Waals surface area (Å²) in [5.74, 6) is -0.111. The number of amides is 2. The molecule has 0 unspecified atom stereocenters. The summed E-state index contributed by atoms with van der Waals surface area (Å²) in [6.45, 7) is -0.182. The third-order valence-corrected chi connectivity index (χ3v) is 5.68. The number of carbonyl (C=O) groups excluding carboxylic acids is 2. The highest BCUT2D eigenvalue weighted by atomic mass is 32.2. The molecule has 0 spiro atoms. The minimum absolute atomic E-state index is 0.0526. The molecule has 9 heteroatoms. The fourth-order valence-corrected chi connectivity index (χ4v) is 4.13. The van der Waals surface area contributed by atoms with E-state index in [0.717, 1.165) is 0 Å². The molecule has 2 aromatic rings. The second-order valence-corrected chi connectivity index (χ2v) is 7.73. The predicted octanol–water partition coefficient (Wildman–Crippen LogP) is 1.34. The lowest BCUT2D eigenvalue weighted by molar-refractivity contribution is -0.118. The van der Waals surface area contributed by atoms with Gasteiger partial charge in [0.25, 0.3) is 15.9 Å². The molecule has 2 heterocycles. The molecule has 2 amide bonds. The van der Waals surface area contributed by atoms with E-state index in [1.807, 2.05) is 0 Å². The zero-order valence-electron chi connectivity index (χ0n) is 13.8. The highest BCUT2D eigenvalue weighted by Crippen LogP contribution is 2.37. The van der Waals surface area contributed by atoms with Gasteiger partial charge in [0.15, 0.2) is 12.4 Å². The Hall–Kier alpha value is -3.07. The molecule has 0 radical (unpaired) electrons. The summed E-state index contributed by atoms with van der Waals surface area (Å²) in [7, 11) is -2.23. The van der Waals surface area contributed by atoms with Crippen LogP contribution in [-0.2, 0) is 26.0 Å². The van der Waals surface area contributed by atoms with E-state index in [-0.39, 0.29) is 41.2 Å². The van der Waals surface area contributed by atoms with Crippen LogP contribution in [0.1, 0.15) is 5.56 Å². The quantitative estimate of drug-likeness (QED) is 0.845. The van der Waals surface area contributed by atoms with Gasteiger partial charge in [0, 0.05) is 12.7 Å². The fraction of sp³-hybridized carbons (Fsp3) is 0.176. The number of fused-ring (bicyclic) bond motifs is 2. The number of para-hydroxylation sites is 1. The van der Waals surface area contributed by atoms with Crippen molar-refractivity contribution in [1.82, 2.24) is 0 Å². The number of sulfonamides is 1. The van der Waals surface area contributed by atoms with Gasteiger partial charge in [-0.15, -0.1) is 0 Å². The first-order valence-corrected chi connectivity index (χ1v) is 9.31. The summed E-state index contributed by atoms with van der Waals surface area (Å²) in [6, 6.07) is 9.36. The van der Waals surface area contributed by atoms with Crippen molar-refractivity contribution in [2.24, 2.45) is 0 Å². The maximum absolute atomic E-state index is 12.8. The Balaban J connectivity index is 1.67. The van der Waals surface area contributed by atoms with Gasteiger partial charge in [-0.3, -0.25) is 14.3 Å². The number of carbonyl (C=O) groups is 2. The zero-order chi connectivity index (χ0) is 18.5. The van der Waals surface area contributed by atoms with Crippen LogP contribution in [-0.4, -0.2) is 33.9 Å². The molecule has 0 aromatic heterocycles. The average molecular weight is 373 g/mol. The molecule has 4 rings (SSSR count). The van der Waals surface area contributed by atoms with Gasteiger partial charge >= 0.3 is 0 Å². The van der Waals surface area contributed by atoms with Crippen LogP contribution in [0.2, 0.25) is 0 Å². The first-order chi connectivity index (χ1) is 12.3. The molecule has 2 aromatic carbocycles. The van der Waals surface area contributed by atoms with Crippen LogP contribution < -0.4 is 19.7 Å². The molecule has 2 aliphatic heterocycles. The number of likely N-dealkylation sites (N-methyl/N-ethyl adjacent to an activating group) is 1. The highest BCUT2D eigenvalue weighted by molar-refractivity contribution is 7.92. The molecule has 0 fully saturated rings. The second-order valence-electron chi connectivity index (χ2n) is 6.04. The van der Waals surface area contributed by atoms with E-state index in [9.17, 15) is 18.0 Å². The Morgan fingerprint density at radius 2 is 2.00 bits per heavy atom. The average Bonchev–Trinajstić information content (AvgIpc) is 2.88. The van der Waals surface area contributed by atoms with Gasteiger partial charge in [-0.25, -0.2) is 8.42 Å². The van der Waals surface area contributed by atoms with Crippen molar-refractivity contribution in [3.05, 3.63) is 42.0 Å². The normalized spacial score (nSPS) is 15.8. The van der Waals surface area contributed by atoms with Crippen molar-refractivity contribution in [2.45, 2.75) is 11.3 Å². The number of nitrogens with zero attached hydrogens (tertiary/aromatic N) is 1. The van der Waals surface area contributed by atoms with Crippen molar-refractivity contribution in [3.8, 4) is 5.75 Å².